The highest BCUT2D eigenvalue weighted by atomic mass is 16.4. The molecule has 0 saturated heterocycles. The maximum atomic E-state index is 10.9. The highest BCUT2D eigenvalue weighted by Gasteiger charge is 2.17. The molecular formula is C12H17NO3. The molecule has 2 atom stereocenters. The number of hydrogen-bond acceptors (Lipinski definition) is 3. The lowest BCUT2D eigenvalue weighted by molar-refractivity contribution is -0.139. The standard InChI is InChI=1S/C12H17NO3/c1-3-11(12(15)16)13-8(2)9-5-4-6-10(14)7-9/h4-8,11,13-14H,3H2,1-2H3,(H,15,16). The average Bonchev–Trinajstić information content (AvgIpc) is 2.25. The largest absolute Gasteiger partial charge is 0.508 e. The van der Waals surface area contributed by atoms with Crippen molar-refractivity contribution < 1.29 is 15.0 Å². The topological polar surface area (TPSA) is 69.6 Å². The van der Waals surface area contributed by atoms with E-state index in [2.05, 4.69) is 5.32 Å². The lowest BCUT2D eigenvalue weighted by atomic mass is 10.1. The molecule has 0 aliphatic carbocycles. The molecule has 2 unspecified atom stereocenters. The Bertz CT molecular complexity index is 365. The number of carboxylic acids is 1. The van der Waals surface area contributed by atoms with Crippen LogP contribution >= 0.6 is 0 Å². The van der Waals surface area contributed by atoms with Crippen molar-refractivity contribution in [2.45, 2.75) is 32.4 Å². The molecule has 3 N–H and O–H groups in total. The summed E-state index contributed by atoms with van der Waals surface area (Å²) >= 11 is 0. The molecule has 0 heterocycles. The Labute approximate surface area is 94.9 Å². The van der Waals surface area contributed by atoms with E-state index in [9.17, 15) is 9.90 Å². The first kappa shape index (κ1) is 12.5. The smallest absolute Gasteiger partial charge is 0.320 e. The molecule has 0 spiro atoms. The number of nitrogens with one attached hydrogen (secondary N) is 1. The zero-order valence-electron chi connectivity index (χ0n) is 9.47. The molecule has 1 aromatic carbocycles. The van der Waals surface area contributed by atoms with E-state index in [4.69, 9.17) is 5.11 Å². The van der Waals surface area contributed by atoms with E-state index >= 15 is 0 Å². The van der Waals surface area contributed by atoms with Crippen LogP contribution in [-0.2, 0) is 4.79 Å². The van der Waals surface area contributed by atoms with Gasteiger partial charge in [-0.05, 0) is 31.0 Å². The molecule has 1 rings (SSSR count). The van der Waals surface area contributed by atoms with E-state index in [1.165, 1.54) is 0 Å². The van der Waals surface area contributed by atoms with E-state index < -0.39 is 12.0 Å². The Morgan fingerprint density at radius 2 is 2.19 bits per heavy atom. The normalized spacial score (nSPS) is 14.4. The number of phenols is 1. The first-order valence-electron chi connectivity index (χ1n) is 5.32. The molecule has 0 bridgehead atoms. The second-order valence-corrected chi connectivity index (χ2v) is 3.78. The Balaban J connectivity index is 2.71. The van der Waals surface area contributed by atoms with Crippen molar-refractivity contribution >= 4 is 5.97 Å². The highest BCUT2D eigenvalue weighted by Crippen LogP contribution is 2.18. The summed E-state index contributed by atoms with van der Waals surface area (Å²) in [5, 5.41) is 21.2. The number of rotatable bonds is 5. The summed E-state index contributed by atoms with van der Waals surface area (Å²) in [6.45, 7) is 3.70. The van der Waals surface area contributed by atoms with Crippen LogP contribution < -0.4 is 5.32 Å². The Morgan fingerprint density at radius 1 is 1.50 bits per heavy atom. The van der Waals surface area contributed by atoms with Crippen molar-refractivity contribution in [2.75, 3.05) is 0 Å². The summed E-state index contributed by atoms with van der Waals surface area (Å²) in [7, 11) is 0. The lowest BCUT2D eigenvalue weighted by Gasteiger charge is -2.19. The van der Waals surface area contributed by atoms with Crippen LogP contribution in [0.1, 0.15) is 31.9 Å². The number of carboxylic acid groups (broad SMARTS) is 1. The van der Waals surface area contributed by atoms with E-state index in [0.29, 0.717) is 6.42 Å². The fourth-order valence-corrected chi connectivity index (χ4v) is 1.56. The molecular weight excluding hydrogens is 206 g/mol. The minimum absolute atomic E-state index is 0.104. The highest BCUT2D eigenvalue weighted by molar-refractivity contribution is 5.73. The Kier molecular flexibility index (Phi) is 4.31. The predicted octanol–water partition coefficient (Wildman–Crippen LogP) is 1.91. The molecule has 0 aromatic heterocycles. The van der Waals surface area contributed by atoms with E-state index in [0.717, 1.165) is 5.56 Å². The van der Waals surface area contributed by atoms with Gasteiger partial charge in [0.05, 0.1) is 0 Å². The maximum Gasteiger partial charge on any atom is 0.320 e. The summed E-state index contributed by atoms with van der Waals surface area (Å²) in [4.78, 5) is 10.9. The summed E-state index contributed by atoms with van der Waals surface area (Å²) in [5.41, 5.74) is 0.875. The van der Waals surface area contributed by atoms with Gasteiger partial charge >= 0.3 is 5.97 Å². The van der Waals surface area contributed by atoms with Crippen molar-refractivity contribution in [3.8, 4) is 5.75 Å². The van der Waals surface area contributed by atoms with Gasteiger partial charge in [0.2, 0.25) is 0 Å². The van der Waals surface area contributed by atoms with E-state index in [-0.39, 0.29) is 11.8 Å². The molecule has 1 aromatic rings. The SMILES string of the molecule is CCC(NC(C)c1cccc(O)c1)C(=O)O. The number of phenolic OH excluding ortho intramolecular Hbond substituents is 1. The van der Waals surface area contributed by atoms with Gasteiger partial charge in [0.25, 0.3) is 0 Å². The molecule has 16 heavy (non-hydrogen) atoms. The summed E-state index contributed by atoms with van der Waals surface area (Å²) in [6.07, 6.45) is 0.526. The molecule has 0 saturated carbocycles. The molecule has 0 amide bonds. The van der Waals surface area contributed by atoms with Crippen LogP contribution in [0.15, 0.2) is 24.3 Å². The first-order valence-corrected chi connectivity index (χ1v) is 5.32. The fraction of sp³-hybridized carbons (Fsp3) is 0.417. The van der Waals surface area contributed by atoms with Crippen molar-refractivity contribution in [3.63, 3.8) is 0 Å². The van der Waals surface area contributed by atoms with Gasteiger partial charge in [-0.1, -0.05) is 19.1 Å². The zero-order chi connectivity index (χ0) is 12.1. The number of benzene rings is 1. The summed E-state index contributed by atoms with van der Waals surface area (Å²) in [6, 6.07) is 6.15. The van der Waals surface area contributed by atoms with Gasteiger partial charge in [-0.3, -0.25) is 10.1 Å². The van der Waals surface area contributed by atoms with E-state index in [1.807, 2.05) is 19.9 Å². The lowest BCUT2D eigenvalue weighted by Crippen LogP contribution is -2.37. The molecule has 88 valence electrons. The van der Waals surface area contributed by atoms with Gasteiger partial charge in [-0.15, -0.1) is 0 Å². The second kappa shape index (κ2) is 5.51. The molecule has 0 aliphatic heterocycles. The van der Waals surface area contributed by atoms with Gasteiger partial charge in [-0.25, -0.2) is 0 Å². The van der Waals surface area contributed by atoms with Crippen molar-refractivity contribution in [1.82, 2.24) is 5.32 Å². The maximum absolute atomic E-state index is 10.9. The van der Waals surface area contributed by atoms with Crippen molar-refractivity contribution in [3.05, 3.63) is 29.8 Å². The predicted molar refractivity (Wildman–Crippen MR) is 61.4 cm³/mol. The molecule has 0 fully saturated rings. The number of aromatic hydroxyl groups is 1. The van der Waals surface area contributed by atoms with Crippen LogP contribution in [0.25, 0.3) is 0 Å². The Hall–Kier alpha value is -1.55. The van der Waals surface area contributed by atoms with Crippen LogP contribution in [-0.4, -0.2) is 22.2 Å². The zero-order valence-corrected chi connectivity index (χ0v) is 9.47. The van der Waals surface area contributed by atoms with Crippen LogP contribution in [0.2, 0.25) is 0 Å². The third kappa shape index (κ3) is 3.24. The van der Waals surface area contributed by atoms with Gasteiger partial charge in [0, 0.05) is 6.04 Å². The third-order valence-corrected chi connectivity index (χ3v) is 2.53. The van der Waals surface area contributed by atoms with Crippen LogP contribution in [0.5, 0.6) is 5.75 Å². The molecule has 4 nitrogen and oxygen atoms in total. The number of aliphatic carboxylic acids is 1. The van der Waals surface area contributed by atoms with Crippen LogP contribution in [0.3, 0.4) is 0 Å². The third-order valence-electron chi connectivity index (χ3n) is 2.53. The average molecular weight is 223 g/mol. The van der Waals surface area contributed by atoms with Crippen LogP contribution in [0, 0.1) is 0 Å². The first-order chi connectivity index (χ1) is 7.54. The minimum Gasteiger partial charge on any atom is -0.508 e. The fourth-order valence-electron chi connectivity index (χ4n) is 1.56. The monoisotopic (exact) mass is 223 g/mol. The van der Waals surface area contributed by atoms with Gasteiger partial charge in [0.15, 0.2) is 0 Å². The molecule has 4 heteroatoms. The van der Waals surface area contributed by atoms with Gasteiger partial charge in [0.1, 0.15) is 11.8 Å². The minimum atomic E-state index is -0.852. The summed E-state index contributed by atoms with van der Waals surface area (Å²) in [5.74, 6) is -0.663. The van der Waals surface area contributed by atoms with Crippen molar-refractivity contribution in [2.24, 2.45) is 0 Å². The quantitative estimate of drug-likeness (QED) is 0.713. The molecule has 0 radical (unpaired) electrons. The van der Waals surface area contributed by atoms with Gasteiger partial charge < -0.3 is 10.2 Å². The number of carbonyl (C=O) groups is 1. The van der Waals surface area contributed by atoms with Crippen LogP contribution in [0.4, 0.5) is 0 Å². The van der Waals surface area contributed by atoms with Crippen molar-refractivity contribution in [1.29, 1.82) is 0 Å². The van der Waals surface area contributed by atoms with E-state index in [1.54, 1.807) is 18.2 Å². The number of hydrogen-bond donors (Lipinski definition) is 3. The Morgan fingerprint density at radius 3 is 2.69 bits per heavy atom. The van der Waals surface area contributed by atoms with Gasteiger partial charge in [-0.2, -0.15) is 0 Å². The molecule has 0 aliphatic rings. The summed E-state index contributed by atoms with van der Waals surface area (Å²) < 4.78 is 0. The second-order valence-electron chi connectivity index (χ2n) is 3.78.